The van der Waals surface area contributed by atoms with Crippen molar-refractivity contribution >= 4 is 27.8 Å². The summed E-state index contributed by atoms with van der Waals surface area (Å²) >= 11 is 1.35. The number of hydrogen-bond donors (Lipinski definition) is 1. The Morgan fingerprint density at radius 3 is 2.34 bits per heavy atom. The van der Waals surface area contributed by atoms with Gasteiger partial charge in [-0.05, 0) is 67.4 Å². The van der Waals surface area contributed by atoms with Crippen molar-refractivity contribution in [2.24, 2.45) is 5.92 Å². The van der Waals surface area contributed by atoms with Crippen molar-refractivity contribution in [3.05, 3.63) is 89.7 Å². The number of hydrogen-bond acceptors (Lipinski definition) is 5. The smallest absolute Gasteiger partial charge is 0.309 e. The lowest BCUT2D eigenvalue weighted by molar-refractivity contribution is -0.142. The fourth-order valence-corrected chi connectivity index (χ4v) is 8.47. The molecule has 0 amide bonds. The Bertz CT molecular complexity index is 1360. The fraction of sp³-hybridized carbons (Fsp3) is 0.345. The summed E-state index contributed by atoms with van der Waals surface area (Å²) < 4.78 is 49.5. The van der Waals surface area contributed by atoms with Gasteiger partial charge >= 0.3 is 5.97 Å². The first-order chi connectivity index (χ1) is 18.2. The minimum absolute atomic E-state index is 0.0882. The van der Waals surface area contributed by atoms with E-state index < -0.39 is 45.1 Å². The van der Waals surface area contributed by atoms with Crippen LogP contribution in [-0.4, -0.2) is 42.2 Å². The number of aryl methyl sites for hydroxylation is 1. The summed E-state index contributed by atoms with van der Waals surface area (Å²) in [6.45, 7) is 3.88. The molecule has 0 saturated carbocycles. The molecule has 1 heterocycles. The molecule has 1 saturated heterocycles. The second kappa shape index (κ2) is 11.9. The summed E-state index contributed by atoms with van der Waals surface area (Å²) in [5, 5.41) is 9.92. The van der Waals surface area contributed by atoms with E-state index in [0.29, 0.717) is 24.2 Å². The predicted octanol–water partition coefficient (Wildman–Crippen LogP) is 6.31. The summed E-state index contributed by atoms with van der Waals surface area (Å²) in [5.74, 6) is -2.10. The van der Waals surface area contributed by atoms with E-state index >= 15 is 0 Å². The molecule has 0 unspecified atom stereocenters. The summed E-state index contributed by atoms with van der Waals surface area (Å²) in [7, 11) is -2.57. The molecule has 3 aromatic rings. The number of methoxy groups -OCH3 is 1. The molecule has 0 aliphatic carbocycles. The zero-order valence-corrected chi connectivity index (χ0v) is 23.2. The first-order valence-corrected chi connectivity index (χ1v) is 14.9. The van der Waals surface area contributed by atoms with E-state index in [1.54, 1.807) is 49.6 Å². The number of halogens is 1. The van der Waals surface area contributed by atoms with E-state index in [1.165, 1.54) is 34.3 Å². The van der Waals surface area contributed by atoms with Gasteiger partial charge < -0.3 is 9.84 Å². The van der Waals surface area contributed by atoms with E-state index in [1.807, 2.05) is 26.0 Å². The molecule has 1 N–H and O–H groups in total. The van der Waals surface area contributed by atoms with Crippen LogP contribution in [-0.2, 0) is 14.8 Å². The zero-order valence-electron chi connectivity index (χ0n) is 21.6. The molecule has 0 bridgehead atoms. The standard InChI is InChI=1S/C29H32FNO5S2/c1-4-5-9-25-28(37-23-14-12-22(36-3)13-15-23)26(29(32)33)27(20-7-6-8-21(30)18-20)31(25)38(34,35)24-16-10-19(2)11-17-24/h6-8,10-18,25-28H,4-5,9H2,1-3H3,(H,32,33)/t25-,26+,27+,28-/m1/s1. The van der Waals surface area contributed by atoms with E-state index in [0.717, 1.165) is 16.9 Å². The highest BCUT2D eigenvalue weighted by Crippen LogP contribution is 2.52. The van der Waals surface area contributed by atoms with E-state index in [4.69, 9.17) is 4.74 Å². The Hall–Kier alpha value is -2.88. The van der Waals surface area contributed by atoms with Crippen LogP contribution in [0.4, 0.5) is 4.39 Å². The van der Waals surface area contributed by atoms with Crippen molar-refractivity contribution in [1.29, 1.82) is 0 Å². The van der Waals surface area contributed by atoms with Crippen molar-refractivity contribution < 1.29 is 27.4 Å². The lowest BCUT2D eigenvalue weighted by Crippen LogP contribution is -2.40. The molecule has 4 atom stereocenters. The van der Waals surface area contributed by atoms with Gasteiger partial charge in [-0.15, -0.1) is 11.8 Å². The molecular formula is C29H32FNO5S2. The van der Waals surface area contributed by atoms with Gasteiger partial charge in [-0.25, -0.2) is 12.8 Å². The van der Waals surface area contributed by atoms with E-state index in [2.05, 4.69) is 0 Å². The van der Waals surface area contributed by atoms with Crippen LogP contribution in [0.15, 0.2) is 82.6 Å². The molecule has 0 aromatic heterocycles. The Morgan fingerprint density at radius 1 is 1.08 bits per heavy atom. The molecule has 1 fully saturated rings. The third kappa shape index (κ3) is 5.75. The second-order valence-electron chi connectivity index (χ2n) is 9.48. The predicted molar refractivity (Wildman–Crippen MR) is 146 cm³/mol. The number of sulfonamides is 1. The minimum atomic E-state index is -4.13. The van der Waals surface area contributed by atoms with Gasteiger partial charge in [-0.3, -0.25) is 4.79 Å². The highest BCUT2D eigenvalue weighted by Gasteiger charge is 2.57. The van der Waals surface area contributed by atoms with Gasteiger partial charge in [-0.1, -0.05) is 49.6 Å². The van der Waals surface area contributed by atoms with Crippen molar-refractivity contribution in [3.63, 3.8) is 0 Å². The lowest BCUT2D eigenvalue weighted by atomic mass is 9.92. The molecule has 0 radical (unpaired) electrons. The first-order valence-electron chi connectivity index (χ1n) is 12.6. The number of unbranched alkanes of at least 4 members (excludes halogenated alkanes) is 1. The Kier molecular flexibility index (Phi) is 8.80. The van der Waals surface area contributed by atoms with Crippen LogP contribution in [0.1, 0.15) is 43.4 Å². The number of benzene rings is 3. The molecule has 4 rings (SSSR count). The van der Waals surface area contributed by atoms with Gasteiger partial charge in [0.1, 0.15) is 11.6 Å². The number of ether oxygens (including phenoxy) is 1. The van der Waals surface area contributed by atoms with Crippen LogP contribution in [0.2, 0.25) is 0 Å². The molecule has 6 nitrogen and oxygen atoms in total. The number of carboxylic acids is 1. The zero-order chi connectivity index (χ0) is 27.4. The molecule has 9 heteroatoms. The number of thioether (sulfide) groups is 1. The molecule has 3 aromatic carbocycles. The molecular weight excluding hydrogens is 525 g/mol. The monoisotopic (exact) mass is 557 g/mol. The van der Waals surface area contributed by atoms with Gasteiger partial charge in [0.05, 0.1) is 24.0 Å². The molecule has 0 spiro atoms. The third-order valence-corrected chi connectivity index (χ3v) is 10.3. The van der Waals surface area contributed by atoms with Crippen molar-refractivity contribution in [1.82, 2.24) is 4.31 Å². The maximum absolute atomic E-state index is 14.4. The summed E-state index contributed by atoms with van der Waals surface area (Å²) in [5.41, 5.74) is 1.23. The second-order valence-corrected chi connectivity index (χ2v) is 12.6. The average Bonchev–Trinajstić information content (AvgIpc) is 3.23. The Morgan fingerprint density at radius 2 is 1.76 bits per heavy atom. The highest BCUT2D eigenvalue weighted by molar-refractivity contribution is 8.00. The van der Waals surface area contributed by atoms with E-state index in [-0.39, 0.29) is 4.90 Å². The highest BCUT2D eigenvalue weighted by atomic mass is 32.2. The van der Waals surface area contributed by atoms with E-state index in [9.17, 15) is 22.7 Å². The summed E-state index contributed by atoms with van der Waals surface area (Å²) in [4.78, 5) is 13.8. The summed E-state index contributed by atoms with van der Waals surface area (Å²) in [6, 6.07) is 17.7. The fourth-order valence-electron chi connectivity index (χ4n) is 5.08. The Labute approximate surface area is 227 Å². The van der Waals surface area contributed by atoms with Crippen molar-refractivity contribution in [2.45, 2.75) is 60.2 Å². The molecule has 1 aliphatic heterocycles. The van der Waals surface area contributed by atoms with Crippen LogP contribution >= 0.6 is 11.8 Å². The normalized spacial score (nSPS) is 21.9. The number of rotatable bonds is 10. The maximum Gasteiger partial charge on any atom is 0.309 e. The number of aliphatic carboxylic acids is 1. The van der Waals surface area contributed by atoms with Crippen LogP contribution < -0.4 is 4.74 Å². The van der Waals surface area contributed by atoms with Crippen molar-refractivity contribution in [2.75, 3.05) is 7.11 Å². The van der Waals surface area contributed by atoms with Gasteiger partial charge in [0.25, 0.3) is 0 Å². The van der Waals surface area contributed by atoms with Crippen molar-refractivity contribution in [3.8, 4) is 5.75 Å². The first kappa shape index (κ1) is 28.1. The van der Waals surface area contributed by atoms with Gasteiger partial charge in [0.2, 0.25) is 10.0 Å². The quantitative estimate of drug-likeness (QED) is 0.315. The lowest BCUT2D eigenvalue weighted by Gasteiger charge is -2.31. The average molecular weight is 558 g/mol. The van der Waals surface area contributed by atoms with Crippen LogP contribution in [0.5, 0.6) is 5.75 Å². The molecule has 38 heavy (non-hydrogen) atoms. The topological polar surface area (TPSA) is 83.9 Å². The minimum Gasteiger partial charge on any atom is -0.497 e. The largest absolute Gasteiger partial charge is 0.497 e. The number of carbonyl (C=O) groups is 1. The van der Waals surface area contributed by atoms with Gasteiger partial charge in [0, 0.05) is 16.2 Å². The molecule has 1 aliphatic rings. The molecule has 202 valence electrons. The van der Waals surface area contributed by atoms with Gasteiger partial charge in [0.15, 0.2) is 0 Å². The SMILES string of the molecule is CCCC[C@@H]1[C@@H](Sc2ccc(OC)cc2)[C@@H](C(=O)O)[C@H](c2cccc(F)c2)N1S(=O)(=O)c1ccc(C)cc1. The number of nitrogens with zero attached hydrogens (tertiary/aromatic N) is 1. The maximum atomic E-state index is 14.4. The summed E-state index contributed by atoms with van der Waals surface area (Å²) in [6.07, 6.45) is 2.01. The Balaban J connectivity index is 1.90. The van der Waals surface area contributed by atoms with Crippen LogP contribution in [0.3, 0.4) is 0 Å². The van der Waals surface area contributed by atoms with Crippen LogP contribution in [0.25, 0.3) is 0 Å². The van der Waals surface area contributed by atoms with Gasteiger partial charge in [-0.2, -0.15) is 4.31 Å². The van der Waals surface area contributed by atoms with Crippen LogP contribution in [0, 0.1) is 18.7 Å². The third-order valence-electron chi connectivity index (χ3n) is 6.93. The number of carboxylic acid groups (broad SMARTS) is 1.